The maximum atomic E-state index is 16.4. The number of hydrogen-bond acceptors (Lipinski definition) is 8. The van der Waals surface area contributed by atoms with Crippen LogP contribution in [-0.4, -0.2) is 64.8 Å². The molecule has 0 radical (unpaired) electrons. The first-order valence-corrected chi connectivity index (χ1v) is 13.8. The van der Waals surface area contributed by atoms with Crippen molar-refractivity contribution >= 4 is 40.2 Å². The molecule has 4 aromatic rings. The van der Waals surface area contributed by atoms with E-state index in [-0.39, 0.29) is 34.0 Å². The lowest BCUT2D eigenvalue weighted by Gasteiger charge is -2.36. The highest BCUT2D eigenvalue weighted by Gasteiger charge is 2.29. The number of hydrogen-bond donors (Lipinski definition) is 1. The second kappa shape index (κ2) is 11.9. The van der Waals surface area contributed by atoms with Gasteiger partial charge in [-0.1, -0.05) is 23.7 Å². The largest absolute Gasteiger partial charge is 0.496 e. The molecule has 0 bridgehead atoms. The molecule has 2 aromatic carbocycles. The van der Waals surface area contributed by atoms with Crippen LogP contribution in [0.4, 0.5) is 25.2 Å². The summed E-state index contributed by atoms with van der Waals surface area (Å²) in [7, 11) is 1.38. The minimum atomic E-state index is -0.795. The zero-order chi connectivity index (χ0) is 30.0. The van der Waals surface area contributed by atoms with E-state index in [0.717, 1.165) is 0 Å². The van der Waals surface area contributed by atoms with Crippen molar-refractivity contribution in [3.05, 3.63) is 71.1 Å². The molecule has 12 heteroatoms. The molecule has 2 aromatic heterocycles. The summed E-state index contributed by atoms with van der Waals surface area (Å²) in [5.74, 6) is 0.0110. The number of anilines is 2. The van der Waals surface area contributed by atoms with E-state index < -0.39 is 23.3 Å². The van der Waals surface area contributed by atoms with Crippen LogP contribution in [0.1, 0.15) is 26.6 Å². The topological polar surface area (TPSA) is 92.7 Å². The number of nitrogens with one attached hydrogen (secondary N) is 1. The number of amides is 1. The number of halogens is 3. The van der Waals surface area contributed by atoms with Crippen molar-refractivity contribution in [3.8, 4) is 16.9 Å². The molecule has 0 unspecified atom stereocenters. The highest BCUT2D eigenvalue weighted by Crippen LogP contribution is 2.42. The van der Waals surface area contributed by atoms with Gasteiger partial charge in [-0.25, -0.2) is 28.5 Å². The molecule has 0 saturated carbocycles. The van der Waals surface area contributed by atoms with Gasteiger partial charge in [0, 0.05) is 43.3 Å². The maximum Gasteiger partial charge on any atom is 0.410 e. The molecule has 1 aliphatic rings. The van der Waals surface area contributed by atoms with Gasteiger partial charge in [0.2, 0.25) is 0 Å². The van der Waals surface area contributed by atoms with Crippen LogP contribution in [0.3, 0.4) is 0 Å². The Bertz CT molecular complexity index is 1610. The van der Waals surface area contributed by atoms with Gasteiger partial charge in [0.15, 0.2) is 11.6 Å². The van der Waals surface area contributed by atoms with Gasteiger partial charge >= 0.3 is 6.09 Å². The van der Waals surface area contributed by atoms with Gasteiger partial charge < -0.3 is 24.6 Å². The minimum Gasteiger partial charge on any atom is -0.496 e. The zero-order valence-corrected chi connectivity index (χ0v) is 24.5. The molecule has 220 valence electrons. The first-order valence-electron chi connectivity index (χ1n) is 13.4. The molecule has 1 fully saturated rings. The first kappa shape index (κ1) is 29.2. The van der Waals surface area contributed by atoms with Gasteiger partial charge in [-0.05, 0) is 51.1 Å². The third-order valence-electron chi connectivity index (χ3n) is 6.68. The number of carbonyl (C=O) groups is 1. The third-order valence-corrected chi connectivity index (χ3v) is 6.98. The molecule has 0 aliphatic carbocycles. The fourth-order valence-electron chi connectivity index (χ4n) is 4.76. The van der Waals surface area contributed by atoms with Gasteiger partial charge in [-0.2, -0.15) is 0 Å². The number of rotatable bonds is 6. The van der Waals surface area contributed by atoms with Crippen molar-refractivity contribution in [2.45, 2.75) is 32.9 Å². The Morgan fingerprint density at radius 1 is 1.05 bits per heavy atom. The van der Waals surface area contributed by atoms with E-state index in [1.165, 1.54) is 25.3 Å². The molecule has 3 heterocycles. The standard InChI is InChI=1S/C30H31ClF2N6O3/c1-30(2,3)42-29(40)39-14-12-38(13-15-39)28-18-16-19(31)24(25-20(32)8-7-9-21(25)41-4)26(33)27(18)36-23(37-28)17-35-22-10-5-6-11-34-22/h5-11,16H,12-15,17H2,1-4H3,(H,34,35). The van der Waals surface area contributed by atoms with E-state index in [4.69, 9.17) is 26.1 Å². The lowest BCUT2D eigenvalue weighted by atomic mass is 10.0. The van der Waals surface area contributed by atoms with Gasteiger partial charge in [0.25, 0.3) is 0 Å². The van der Waals surface area contributed by atoms with Crippen molar-refractivity contribution < 1.29 is 23.0 Å². The van der Waals surface area contributed by atoms with Gasteiger partial charge in [-0.3, -0.25) is 0 Å². The van der Waals surface area contributed by atoms with Crippen LogP contribution in [-0.2, 0) is 11.3 Å². The Labute approximate surface area is 247 Å². The second-order valence-corrected chi connectivity index (χ2v) is 11.2. The SMILES string of the molecule is COc1cccc(F)c1-c1c(Cl)cc2c(N3CCN(C(=O)OC(C)(C)C)CC3)nc(CNc3ccccn3)nc2c1F. The smallest absolute Gasteiger partial charge is 0.410 e. The molecular weight excluding hydrogens is 566 g/mol. The summed E-state index contributed by atoms with van der Waals surface area (Å²) in [6.07, 6.45) is 1.25. The summed E-state index contributed by atoms with van der Waals surface area (Å²) in [5.41, 5.74) is -0.873. The number of methoxy groups -OCH3 is 1. The van der Waals surface area contributed by atoms with Gasteiger partial charge in [0.05, 0.1) is 24.2 Å². The van der Waals surface area contributed by atoms with E-state index in [9.17, 15) is 4.79 Å². The number of pyridine rings is 1. The Morgan fingerprint density at radius 3 is 2.48 bits per heavy atom. The molecule has 42 heavy (non-hydrogen) atoms. The molecule has 0 atom stereocenters. The number of carbonyl (C=O) groups excluding carboxylic acids is 1. The first-order chi connectivity index (χ1) is 20.1. The van der Waals surface area contributed by atoms with Gasteiger partial charge in [-0.15, -0.1) is 0 Å². The van der Waals surface area contributed by atoms with Crippen molar-refractivity contribution in [2.24, 2.45) is 0 Å². The summed E-state index contributed by atoms with van der Waals surface area (Å²) in [5, 5.41) is 3.50. The Hall–Kier alpha value is -4.25. The number of benzene rings is 2. The quantitative estimate of drug-likeness (QED) is 0.277. The van der Waals surface area contributed by atoms with E-state index in [2.05, 4.69) is 15.3 Å². The summed E-state index contributed by atoms with van der Waals surface area (Å²) < 4.78 is 42.3. The normalized spacial score (nSPS) is 13.8. The monoisotopic (exact) mass is 596 g/mol. The lowest BCUT2D eigenvalue weighted by Crippen LogP contribution is -2.50. The van der Waals surface area contributed by atoms with Crippen LogP contribution >= 0.6 is 11.6 Å². The summed E-state index contributed by atoms with van der Waals surface area (Å²) in [6, 6.07) is 11.2. The van der Waals surface area contributed by atoms with E-state index in [1.807, 2.05) is 31.7 Å². The zero-order valence-electron chi connectivity index (χ0n) is 23.7. The van der Waals surface area contributed by atoms with Crippen molar-refractivity contribution in [1.82, 2.24) is 19.9 Å². The minimum absolute atomic E-state index is 0.0139. The lowest BCUT2D eigenvalue weighted by molar-refractivity contribution is 0.0240. The highest BCUT2D eigenvalue weighted by molar-refractivity contribution is 6.34. The number of aromatic nitrogens is 3. The Kier molecular flexibility index (Phi) is 8.31. The van der Waals surface area contributed by atoms with E-state index in [0.29, 0.717) is 49.0 Å². The molecule has 1 amide bonds. The number of piperazine rings is 1. The fraction of sp³-hybridized carbons (Fsp3) is 0.333. The highest BCUT2D eigenvalue weighted by atomic mass is 35.5. The summed E-state index contributed by atoms with van der Waals surface area (Å²) in [4.78, 5) is 29.8. The van der Waals surface area contributed by atoms with Crippen LogP contribution < -0.4 is 15.0 Å². The molecule has 5 rings (SSSR count). The van der Waals surface area contributed by atoms with E-state index in [1.54, 1.807) is 29.3 Å². The predicted octanol–water partition coefficient (Wildman–Crippen LogP) is 6.30. The summed E-state index contributed by atoms with van der Waals surface area (Å²) in [6.45, 7) is 7.19. The van der Waals surface area contributed by atoms with Gasteiger partial charge in [0.1, 0.15) is 34.3 Å². The molecule has 9 nitrogen and oxygen atoms in total. The number of fused-ring (bicyclic) bond motifs is 1. The van der Waals surface area contributed by atoms with E-state index >= 15 is 8.78 Å². The average Bonchev–Trinajstić information content (AvgIpc) is 2.96. The average molecular weight is 597 g/mol. The number of ether oxygens (including phenoxy) is 2. The molecule has 0 spiro atoms. The van der Waals surface area contributed by atoms with Crippen LogP contribution in [0.5, 0.6) is 5.75 Å². The molecule has 1 N–H and O–H groups in total. The molecular formula is C30H31ClF2N6O3. The Morgan fingerprint density at radius 2 is 1.81 bits per heavy atom. The van der Waals surface area contributed by atoms with Crippen molar-refractivity contribution in [2.75, 3.05) is 43.5 Å². The summed E-state index contributed by atoms with van der Waals surface area (Å²) >= 11 is 6.64. The van der Waals surface area contributed by atoms with Crippen LogP contribution in [0.2, 0.25) is 5.02 Å². The Balaban J connectivity index is 1.57. The predicted molar refractivity (Wildman–Crippen MR) is 158 cm³/mol. The van der Waals surface area contributed by atoms with Crippen LogP contribution in [0.25, 0.3) is 22.0 Å². The number of nitrogens with zero attached hydrogens (tertiary/aromatic N) is 5. The second-order valence-electron chi connectivity index (χ2n) is 10.7. The molecule has 1 aliphatic heterocycles. The van der Waals surface area contributed by atoms with Crippen LogP contribution in [0.15, 0.2) is 48.7 Å². The maximum absolute atomic E-state index is 16.4. The fourth-order valence-corrected chi connectivity index (χ4v) is 5.04. The van der Waals surface area contributed by atoms with Crippen molar-refractivity contribution in [3.63, 3.8) is 0 Å². The van der Waals surface area contributed by atoms with Crippen molar-refractivity contribution in [1.29, 1.82) is 0 Å². The third kappa shape index (κ3) is 6.15. The van der Waals surface area contributed by atoms with Crippen LogP contribution in [0, 0.1) is 11.6 Å². The molecule has 1 saturated heterocycles.